The van der Waals surface area contributed by atoms with Gasteiger partial charge in [0.2, 0.25) is 5.95 Å². The Balaban J connectivity index is 1.57. The predicted octanol–water partition coefficient (Wildman–Crippen LogP) is 3.67. The van der Waals surface area contributed by atoms with Crippen molar-refractivity contribution in [3.05, 3.63) is 94.3 Å². The van der Waals surface area contributed by atoms with Crippen LogP contribution in [0.4, 0.5) is 5.95 Å². The molecule has 0 fully saturated rings. The second kappa shape index (κ2) is 7.59. The lowest BCUT2D eigenvalue weighted by Gasteiger charge is -2.12. The highest BCUT2D eigenvalue weighted by Crippen LogP contribution is 2.21. The van der Waals surface area contributed by atoms with Gasteiger partial charge in [-0.3, -0.25) is 25.0 Å². The number of rotatable bonds is 4. The zero-order valence-corrected chi connectivity index (χ0v) is 16.1. The summed E-state index contributed by atoms with van der Waals surface area (Å²) < 4.78 is 1.37. The number of aromatic nitrogens is 2. The maximum atomic E-state index is 12.6. The Bertz CT molecular complexity index is 1280. The first-order valence-corrected chi connectivity index (χ1v) is 9.22. The number of carbonyl (C=O) groups excluding carboxylic acids is 1. The van der Waals surface area contributed by atoms with Crippen molar-refractivity contribution >= 4 is 22.8 Å². The fourth-order valence-electron chi connectivity index (χ4n) is 3.18. The van der Waals surface area contributed by atoms with E-state index in [4.69, 9.17) is 0 Å². The van der Waals surface area contributed by atoms with Gasteiger partial charge in [0.05, 0.1) is 10.9 Å². The molecule has 0 atom stereocenters. The van der Waals surface area contributed by atoms with E-state index in [1.807, 2.05) is 49.4 Å². The van der Waals surface area contributed by atoms with Crippen LogP contribution >= 0.6 is 0 Å². The number of fused-ring (bicyclic) bond motifs is 1. The van der Waals surface area contributed by atoms with E-state index in [2.05, 4.69) is 21.9 Å². The number of nitrogens with zero attached hydrogens (tertiary/aromatic N) is 2. The number of hydrazine groups is 1. The fourth-order valence-corrected chi connectivity index (χ4v) is 3.18. The molecule has 4 rings (SSSR count). The van der Waals surface area contributed by atoms with E-state index in [0.29, 0.717) is 16.5 Å². The number of nitrogens with one attached hydrogen (secondary N) is 2. The van der Waals surface area contributed by atoms with Gasteiger partial charge in [0.1, 0.15) is 0 Å². The number of hydrogen-bond donors (Lipinski definition) is 2. The standard InChI is InChI=1S/C23H20N4O2/c1-15-7-5-8-16(13-15)17-9-6-10-18(14-17)21(28)25-26-23-24-20-12-4-3-11-19(20)22(29)27(23)2/h3-14H,1-2H3,(H,24,26)(H,25,28). The molecule has 0 bridgehead atoms. The lowest BCUT2D eigenvalue weighted by atomic mass is 10.0. The predicted molar refractivity (Wildman–Crippen MR) is 115 cm³/mol. The maximum Gasteiger partial charge on any atom is 0.269 e. The van der Waals surface area contributed by atoms with Crippen LogP contribution in [0.1, 0.15) is 15.9 Å². The topological polar surface area (TPSA) is 76.0 Å². The molecule has 0 saturated carbocycles. The number of aryl methyl sites for hydroxylation is 1. The molecule has 0 radical (unpaired) electrons. The molecule has 1 amide bonds. The van der Waals surface area contributed by atoms with E-state index in [1.54, 1.807) is 31.3 Å². The van der Waals surface area contributed by atoms with E-state index >= 15 is 0 Å². The largest absolute Gasteiger partial charge is 0.280 e. The summed E-state index contributed by atoms with van der Waals surface area (Å²) in [5, 5.41) is 0.526. The molecule has 6 nitrogen and oxygen atoms in total. The van der Waals surface area contributed by atoms with Gasteiger partial charge in [-0.05, 0) is 42.3 Å². The highest BCUT2D eigenvalue weighted by atomic mass is 16.2. The summed E-state index contributed by atoms with van der Waals surface area (Å²) >= 11 is 0. The minimum absolute atomic E-state index is 0.186. The molecular weight excluding hydrogens is 364 g/mol. The Morgan fingerprint density at radius 2 is 1.66 bits per heavy atom. The summed E-state index contributed by atoms with van der Waals surface area (Å²) in [5.41, 5.74) is 9.43. The van der Waals surface area contributed by atoms with Gasteiger partial charge >= 0.3 is 0 Å². The maximum absolute atomic E-state index is 12.6. The summed E-state index contributed by atoms with van der Waals surface area (Å²) in [6.07, 6.45) is 0. The minimum atomic E-state index is -0.318. The van der Waals surface area contributed by atoms with Crippen molar-refractivity contribution in [1.29, 1.82) is 0 Å². The molecular formula is C23H20N4O2. The summed E-state index contributed by atoms with van der Waals surface area (Å²) in [5.74, 6) is -0.0567. The molecule has 0 unspecified atom stereocenters. The molecule has 0 spiro atoms. The number of anilines is 1. The van der Waals surface area contributed by atoms with Crippen molar-refractivity contribution in [2.24, 2.45) is 7.05 Å². The van der Waals surface area contributed by atoms with Crippen LogP contribution in [0.3, 0.4) is 0 Å². The average molecular weight is 384 g/mol. The van der Waals surface area contributed by atoms with Crippen LogP contribution in [0.15, 0.2) is 77.6 Å². The van der Waals surface area contributed by atoms with Crippen molar-refractivity contribution in [2.75, 3.05) is 5.43 Å². The Morgan fingerprint density at radius 3 is 2.45 bits per heavy atom. The third-order valence-corrected chi connectivity index (χ3v) is 4.75. The summed E-state index contributed by atoms with van der Waals surface area (Å²) in [6.45, 7) is 2.03. The molecule has 1 aromatic heterocycles. The second-order valence-electron chi connectivity index (χ2n) is 6.85. The smallest absolute Gasteiger partial charge is 0.269 e. The summed E-state index contributed by atoms with van der Waals surface area (Å²) in [6, 6.07) is 22.6. The molecule has 0 aliphatic rings. The van der Waals surface area contributed by atoms with Crippen LogP contribution in [-0.2, 0) is 7.05 Å². The molecule has 0 aliphatic carbocycles. The third-order valence-electron chi connectivity index (χ3n) is 4.75. The molecule has 1 heterocycles. The molecule has 29 heavy (non-hydrogen) atoms. The van der Waals surface area contributed by atoms with Crippen LogP contribution in [0, 0.1) is 6.92 Å². The van der Waals surface area contributed by atoms with E-state index in [1.165, 1.54) is 4.57 Å². The highest BCUT2D eigenvalue weighted by molar-refractivity contribution is 5.96. The van der Waals surface area contributed by atoms with Gasteiger partial charge in [0, 0.05) is 12.6 Å². The van der Waals surface area contributed by atoms with Crippen molar-refractivity contribution in [2.45, 2.75) is 6.92 Å². The quantitative estimate of drug-likeness (QED) is 0.527. The normalized spacial score (nSPS) is 10.7. The molecule has 6 heteroatoms. The lowest BCUT2D eigenvalue weighted by molar-refractivity contribution is 0.0962. The van der Waals surface area contributed by atoms with Gasteiger partial charge < -0.3 is 0 Å². The summed E-state index contributed by atoms with van der Waals surface area (Å²) in [7, 11) is 1.61. The van der Waals surface area contributed by atoms with Crippen molar-refractivity contribution in [3.8, 4) is 11.1 Å². The van der Waals surface area contributed by atoms with E-state index in [0.717, 1.165) is 16.7 Å². The zero-order valence-electron chi connectivity index (χ0n) is 16.1. The molecule has 2 N–H and O–H groups in total. The van der Waals surface area contributed by atoms with Crippen molar-refractivity contribution in [3.63, 3.8) is 0 Å². The Labute approximate surface area is 167 Å². The van der Waals surface area contributed by atoms with Gasteiger partial charge in [0.15, 0.2) is 0 Å². The van der Waals surface area contributed by atoms with Crippen LogP contribution in [0.25, 0.3) is 22.0 Å². The molecule has 144 valence electrons. The van der Waals surface area contributed by atoms with Gasteiger partial charge in [-0.25, -0.2) is 4.98 Å². The number of amides is 1. The SMILES string of the molecule is Cc1cccc(-c2cccc(C(=O)NNc3nc4ccccc4c(=O)n3C)c2)c1. The number of carbonyl (C=O) groups is 1. The molecule has 0 saturated heterocycles. The Kier molecular flexibility index (Phi) is 4.83. The first kappa shape index (κ1) is 18.4. The van der Waals surface area contributed by atoms with Gasteiger partial charge in [-0.15, -0.1) is 0 Å². The Morgan fingerprint density at radius 1 is 0.931 bits per heavy atom. The zero-order chi connectivity index (χ0) is 20.4. The van der Waals surface area contributed by atoms with Gasteiger partial charge in [-0.1, -0.05) is 54.1 Å². The first-order chi connectivity index (χ1) is 14.0. The molecule has 0 aliphatic heterocycles. The number of benzene rings is 3. The molecule has 3 aromatic carbocycles. The van der Waals surface area contributed by atoms with Crippen LogP contribution in [0.5, 0.6) is 0 Å². The van der Waals surface area contributed by atoms with Gasteiger partial charge in [0.25, 0.3) is 11.5 Å². The number of hydrogen-bond acceptors (Lipinski definition) is 4. The fraction of sp³-hybridized carbons (Fsp3) is 0.0870. The first-order valence-electron chi connectivity index (χ1n) is 9.22. The lowest BCUT2D eigenvalue weighted by Crippen LogP contribution is -2.33. The summed E-state index contributed by atoms with van der Waals surface area (Å²) in [4.78, 5) is 29.5. The van der Waals surface area contributed by atoms with Crippen molar-refractivity contribution in [1.82, 2.24) is 15.0 Å². The monoisotopic (exact) mass is 384 g/mol. The second-order valence-corrected chi connectivity index (χ2v) is 6.85. The average Bonchev–Trinajstić information content (AvgIpc) is 2.75. The van der Waals surface area contributed by atoms with Crippen LogP contribution in [-0.4, -0.2) is 15.5 Å². The number of para-hydroxylation sites is 1. The van der Waals surface area contributed by atoms with E-state index in [-0.39, 0.29) is 17.4 Å². The third kappa shape index (κ3) is 3.73. The van der Waals surface area contributed by atoms with E-state index < -0.39 is 0 Å². The van der Waals surface area contributed by atoms with Crippen molar-refractivity contribution < 1.29 is 4.79 Å². The van der Waals surface area contributed by atoms with Crippen LogP contribution < -0.4 is 16.4 Å². The van der Waals surface area contributed by atoms with Gasteiger partial charge in [-0.2, -0.15) is 0 Å². The highest BCUT2D eigenvalue weighted by Gasteiger charge is 2.11. The van der Waals surface area contributed by atoms with Crippen LogP contribution in [0.2, 0.25) is 0 Å². The Hall–Kier alpha value is -3.93. The molecule has 4 aromatic rings. The van der Waals surface area contributed by atoms with E-state index in [9.17, 15) is 9.59 Å². The minimum Gasteiger partial charge on any atom is -0.280 e.